The van der Waals surface area contributed by atoms with Crippen molar-refractivity contribution in [1.29, 1.82) is 0 Å². The fourth-order valence-electron chi connectivity index (χ4n) is 3.81. The SMILES string of the molecule is CN1C=CN2c3c(ccc4c3OC3C=CC=CC43)CC12. The summed E-state index contributed by atoms with van der Waals surface area (Å²) in [6.07, 6.45) is 14.6. The Morgan fingerprint density at radius 1 is 1.15 bits per heavy atom. The number of benzene rings is 1. The van der Waals surface area contributed by atoms with Crippen LogP contribution in [0.1, 0.15) is 17.0 Å². The normalized spacial score (nSPS) is 31.1. The lowest BCUT2D eigenvalue weighted by atomic mass is 9.91. The number of likely N-dealkylation sites (N-methyl/N-ethyl adjacent to an activating group) is 1. The Morgan fingerprint density at radius 2 is 2.05 bits per heavy atom. The molecular weight excluding hydrogens is 248 g/mol. The molecule has 1 aromatic rings. The minimum absolute atomic E-state index is 0.171. The van der Waals surface area contributed by atoms with Crippen LogP contribution in [0, 0.1) is 0 Å². The van der Waals surface area contributed by atoms with Crippen LogP contribution in [0.5, 0.6) is 5.75 Å². The molecule has 4 aliphatic rings. The van der Waals surface area contributed by atoms with Crippen molar-refractivity contribution in [3.05, 3.63) is 60.0 Å². The predicted octanol–water partition coefficient (Wildman–Crippen LogP) is 2.76. The van der Waals surface area contributed by atoms with E-state index in [4.69, 9.17) is 4.74 Å². The summed E-state index contributed by atoms with van der Waals surface area (Å²) in [6.45, 7) is 0. The van der Waals surface area contributed by atoms with Crippen molar-refractivity contribution in [1.82, 2.24) is 4.90 Å². The van der Waals surface area contributed by atoms with Crippen LogP contribution in [-0.2, 0) is 6.42 Å². The lowest BCUT2D eigenvalue weighted by Crippen LogP contribution is -2.33. The van der Waals surface area contributed by atoms with Crippen molar-refractivity contribution in [3.8, 4) is 5.75 Å². The zero-order valence-electron chi connectivity index (χ0n) is 11.4. The topological polar surface area (TPSA) is 15.7 Å². The standard InChI is InChI=1S/C17H16N2O/c1-18-8-9-19-15(18)10-11-6-7-13-12-4-2-3-5-14(12)20-17(13)16(11)19/h2-9,12,14-15H,10H2,1H3. The van der Waals surface area contributed by atoms with Crippen molar-refractivity contribution in [3.63, 3.8) is 0 Å². The molecule has 0 N–H and O–H groups in total. The van der Waals surface area contributed by atoms with E-state index in [2.05, 4.69) is 65.7 Å². The number of rotatable bonds is 0. The molecule has 3 aliphatic heterocycles. The number of ether oxygens (including phenoxy) is 1. The van der Waals surface area contributed by atoms with E-state index in [1.54, 1.807) is 0 Å². The quantitative estimate of drug-likeness (QED) is 0.716. The molecule has 1 aliphatic carbocycles. The third-order valence-corrected chi connectivity index (χ3v) is 4.86. The number of nitrogens with zero attached hydrogens (tertiary/aromatic N) is 2. The number of hydrogen-bond acceptors (Lipinski definition) is 3. The van der Waals surface area contributed by atoms with Gasteiger partial charge in [0, 0.05) is 37.3 Å². The molecular formula is C17H16N2O. The van der Waals surface area contributed by atoms with E-state index in [0.717, 1.165) is 12.2 Å². The zero-order chi connectivity index (χ0) is 13.3. The molecule has 0 saturated heterocycles. The van der Waals surface area contributed by atoms with Crippen molar-refractivity contribution in [2.45, 2.75) is 24.6 Å². The first-order valence-electron chi connectivity index (χ1n) is 7.19. The van der Waals surface area contributed by atoms with Gasteiger partial charge in [0.25, 0.3) is 0 Å². The average molecular weight is 264 g/mol. The summed E-state index contributed by atoms with van der Waals surface area (Å²) in [5, 5.41) is 0. The molecule has 3 heteroatoms. The average Bonchev–Trinajstić information content (AvgIpc) is 3.11. The third kappa shape index (κ3) is 1.16. The zero-order valence-corrected chi connectivity index (χ0v) is 11.4. The molecule has 0 aromatic heterocycles. The molecule has 0 amide bonds. The van der Waals surface area contributed by atoms with Gasteiger partial charge in [-0.3, -0.25) is 0 Å². The van der Waals surface area contributed by atoms with Gasteiger partial charge in [0.2, 0.25) is 0 Å². The molecule has 0 bridgehead atoms. The molecule has 100 valence electrons. The highest BCUT2D eigenvalue weighted by Gasteiger charge is 2.41. The lowest BCUT2D eigenvalue weighted by Gasteiger charge is -2.24. The first-order valence-corrected chi connectivity index (χ1v) is 7.19. The van der Waals surface area contributed by atoms with E-state index in [1.165, 1.54) is 16.8 Å². The second-order valence-corrected chi connectivity index (χ2v) is 5.93. The van der Waals surface area contributed by atoms with Gasteiger partial charge in [0.15, 0.2) is 0 Å². The van der Waals surface area contributed by atoms with E-state index in [0.29, 0.717) is 12.1 Å². The van der Waals surface area contributed by atoms with Crippen molar-refractivity contribution >= 4 is 5.69 Å². The molecule has 5 rings (SSSR count). The van der Waals surface area contributed by atoms with E-state index in [9.17, 15) is 0 Å². The van der Waals surface area contributed by atoms with Crippen LogP contribution in [0.2, 0.25) is 0 Å². The van der Waals surface area contributed by atoms with Gasteiger partial charge < -0.3 is 14.5 Å². The maximum Gasteiger partial charge on any atom is 0.148 e. The molecule has 0 fully saturated rings. The maximum atomic E-state index is 6.27. The Bertz CT molecular complexity index is 688. The second-order valence-electron chi connectivity index (χ2n) is 5.93. The highest BCUT2D eigenvalue weighted by Crippen LogP contribution is 2.51. The summed E-state index contributed by atoms with van der Waals surface area (Å²) in [6, 6.07) is 4.54. The van der Waals surface area contributed by atoms with Crippen LogP contribution < -0.4 is 9.64 Å². The Morgan fingerprint density at radius 3 is 3.00 bits per heavy atom. The first kappa shape index (κ1) is 10.6. The Hall–Kier alpha value is -2.16. The second kappa shape index (κ2) is 3.48. The monoisotopic (exact) mass is 264 g/mol. The molecule has 0 saturated carbocycles. The van der Waals surface area contributed by atoms with Crippen LogP contribution in [0.4, 0.5) is 5.69 Å². The summed E-state index contributed by atoms with van der Waals surface area (Å²) < 4.78 is 6.27. The summed E-state index contributed by atoms with van der Waals surface area (Å²) >= 11 is 0. The lowest BCUT2D eigenvalue weighted by molar-refractivity contribution is 0.269. The largest absolute Gasteiger partial charge is 0.483 e. The van der Waals surface area contributed by atoms with Gasteiger partial charge in [0.1, 0.15) is 18.0 Å². The number of hydrogen-bond donors (Lipinski definition) is 0. The van der Waals surface area contributed by atoms with Crippen LogP contribution in [0.3, 0.4) is 0 Å². The van der Waals surface area contributed by atoms with Crippen LogP contribution in [0.25, 0.3) is 0 Å². The molecule has 3 nitrogen and oxygen atoms in total. The Kier molecular flexibility index (Phi) is 1.85. The van der Waals surface area contributed by atoms with E-state index < -0.39 is 0 Å². The Balaban J connectivity index is 1.68. The van der Waals surface area contributed by atoms with Crippen LogP contribution >= 0.6 is 0 Å². The minimum Gasteiger partial charge on any atom is -0.483 e. The predicted molar refractivity (Wildman–Crippen MR) is 78.8 cm³/mol. The first-order chi connectivity index (χ1) is 9.83. The highest BCUT2D eigenvalue weighted by atomic mass is 16.5. The summed E-state index contributed by atoms with van der Waals surface area (Å²) in [5.41, 5.74) is 4.01. The van der Waals surface area contributed by atoms with Crippen LogP contribution in [-0.4, -0.2) is 24.2 Å². The fourth-order valence-corrected chi connectivity index (χ4v) is 3.81. The summed E-state index contributed by atoms with van der Waals surface area (Å²) in [4.78, 5) is 4.63. The van der Waals surface area contributed by atoms with Gasteiger partial charge in [-0.25, -0.2) is 0 Å². The molecule has 0 radical (unpaired) electrons. The summed E-state index contributed by atoms with van der Waals surface area (Å²) in [7, 11) is 2.14. The Labute approximate surface area is 118 Å². The van der Waals surface area contributed by atoms with Crippen molar-refractivity contribution in [2.24, 2.45) is 0 Å². The molecule has 20 heavy (non-hydrogen) atoms. The number of fused-ring (bicyclic) bond motifs is 7. The molecule has 3 heterocycles. The van der Waals surface area contributed by atoms with Gasteiger partial charge in [0.05, 0.1) is 5.69 Å². The van der Waals surface area contributed by atoms with Gasteiger partial charge in [-0.2, -0.15) is 0 Å². The van der Waals surface area contributed by atoms with Gasteiger partial charge in [-0.15, -0.1) is 0 Å². The molecule has 1 aromatic carbocycles. The maximum absolute atomic E-state index is 6.27. The van der Waals surface area contributed by atoms with E-state index >= 15 is 0 Å². The van der Waals surface area contributed by atoms with E-state index in [-0.39, 0.29) is 6.10 Å². The third-order valence-electron chi connectivity index (χ3n) is 4.86. The van der Waals surface area contributed by atoms with Crippen molar-refractivity contribution in [2.75, 3.05) is 11.9 Å². The van der Waals surface area contributed by atoms with E-state index in [1.807, 2.05) is 0 Å². The van der Waals surface area contributed by atoms with Gasteiger partial charge in [-0.05, 0) is 11.6 Å². The fraction of sp³-hybridized carbons (Fsp3) is 0.294. The van der Waals surface area contributed by atoms with Crippen LogP contribution in [0.15, 0.2) is 48.8 Å². The van der Waals surface area contributed by atoms with Gasteiger partial charge in [-0.1, -0.05) is 30.4 Å². The van der Waals surface area contributed by atoms with Crippen molar-refractivity contribution < 1.29 is 4.74 Å². The smallest absolute Gasteiger partial charge is 0.148 e. The summed E-state index contributed by atoms with van der Waals surface area (Å²) in [5.74, 6) is 1.47. The number of allylic oxidation sites excluding steroid dienone is 2. The molecule has 3 atom stereocenters. The number of anilines is 1. The van der Waals surface area contributed by atoms with Gasteiger partial charge >= 0.3 is 0 Å². The molecule has 3 unspecified atom stereocenters. The highest BCUT2D eigenvalue weighted by molar-refractivity contribution is 5.75. The molecule has 0 spiro atoms. The minimum atomic E-state index is 0.171.